The fraction of sp³-hybridized carbons (Fsp3) is 0.900. The van der Waals surface area contributed by atoms with Crippen LogP contribution in [0.15, 0.2) is 0 Å². The number of rotatable bonds is 3. The van der Waals surface area contributed by atoms with Crippen molar-refractivity contribution < 1.29 is 0 Å². The standard InChI is InChI=1S/C10H20N2/c1-3-6-9(2)12-8-5-4-7-10(12)11/h9,11H,3-8H2,1-2H3. The highest BCUT2D eigenvalue weighted by Crippen LogP contribution is 2.16. The fourth-order valence-electron chi connectivity index (χ4n) is 1.91. The lowest BCUT2D eigenvalue weighted by atomic mass is 10.1. The van der Waals surface area contributed by atoms with Crippen LogP contribution in [-0.2, 0) is 0 Å². The summed E-state index contributed by atoms with van der Waals surface area (Å²) in [5.41, 5.74) is 0. The zero-order chi connectivity index (χ0) is 8.97. The van der Waals surface area contributed by atoms with Crippen LogP contribution in [0.3, 0.4) is 0 Å². The van der Waals surface area contributed by atoms with E-state index in [1.165, 1.54) is 25.7 Å². The Kier molecular flexibility index (Phi) is 3.57. The first-order valence-corrected chi connectivity index (χ1v) is 5.09. The summed E-state index contributed by atoms with van der Waals surface area (Å²) in [6.45, 7) is 5.56. The second-order valence-corrected chi connectivity index (χ2v) is 3.73. The van der Waals surface area contributed by atoms with Crippen LogP contribution in [0.5, 0.6) is 0 Å². The molecule has 1 atom stereocenters. The summed E-state index contributed by atoms with van der Waals surface area (Å²) in [6.07, 6.45) is 5.94. The number of amidine groups is 1. The summed E-state index contributed by atoms with van der Waals surface area (Å²) in [6, 6.07) is 0.586. The van der Waals surface area contributed by atoms with E-state index in [1.54, 1.807) is 0 Å². The Morgan fingerprint density at radius 1 is 1.50 bits per heavy atom. The first-order valence-electron chi connectivity index (χ1n) is 5.09. The highest BCUT2D eigenvalue weighted by Gasteiger charge is 2.18. The average molecular weight is 168 g/mol. The zero-order valence-corrected chi connectivity index (χ0v) is 8.27. The molecular formula is C10H20N2. The summed E-state index contributed by atoms with van der Waals surface area (Å²) >= 11 is 0. The fourth-order valence-corrected chi connectivity index (χ4v) is 1.91. The third-order valence-electron chi connectivity index (χ3n) is 2.65. The van der Waals surface area contributed by atoms with Gasteiger partial charge in [-0.15, -0.1) is 0 Å². The number of piperidine rings is 1. The first-order chi connectivity index (χ1) is 5.75. The topological polar surface area (TPSA) is 27.1 Å². The minimum Gasteiger partial charge on any atom is -0.358 e. The van der Waals surface area contributed by atoms with Gasteiger partial charge in [0.05, 0.1) is 5.84 Å². The van der Waals surface area contributed by atoms with Crippen LogP contribution in [-0.4, -0.2) is 23.3 Å². The van der Waals surface area contributed by atoms with Crippen LogP contribution < -0.4 is 0 Å². The molecule has 0 aliphatic carbocycles. The molecule has 1 rings (SSSR count). The van der Waals surface area contributed by atoms with Gasteiger partial charge >= 0.3 is 0 Å². The second kappa shape index (κ2) is 4.48. The third kappa shape index (κ3) is 2.23. The summed E-state index contributed by atoms with van der Waals surface area (Å²) in [5.74, 6) is 0.863. The van der Waals surface area contributed by atoms with Gasteiger partial charge in [-0.3, -0.25) is 5.41 Å². The quantitative estimate of drug-likeness (QED) is 0.689. The van der Waals surface area contributed by atoms with Crippen LogP contribution >= 0.6 is 0 Å². The van der Waals surface area contributed by atoms with Crippen LogP contribution in [0.25, 0.3) is 0 Å². The normalized spacial score (nSPS) is 21.2. The Morgan fingerprint density at radius 2 is 2.25 bits per heavy atom. The van der Waals surface area contributed by atoms with Crippen molar-refractivity contribution in [3.8, 4) is 0 Å². The average Bonchev–Trinajstić information content (AvgIpc) is 2.05. The summed E-state index contributed by atoms with van der Waals surface area (Å²) in [5, 5.41) is 7.78. The molecule has 12 heavy (non-hydrogen) atoms. The molecule has 2 heteroatoms. The Bertz CT molecular complexity index is 154. The van der Waals surface area contributed by atoms with E-state index in [1.807, 2.05) is 0 Å². The van der Waals surface area contributed by atoms with Gasteiger partial charge in [0.15, 0.2) is 0 Å². The van der Waals surface area contributed by atoms with Gasteiger partial charge < -0.3 is 4.90 Å². The van der Waals surface area contributed by atoms with E-state index in [-0.39, 0.29) is 0 Å². The molecule has 0 radical (unpaired) electrons. The molecule has 1 saturated heterocycles. The first kappa shape index (κ1) is 9.56. The predicted octanol–water partition coefficient (Wildman–Crippen LogP) is 2.64. The van der Waals surface area contributed by atoms with E-state index >= 15 is 0 Å². The lowest BCUT2D eigenvalue weighted by Gasteiger charge is -2.34. The van der Waals surface area contributed by atoms with Crippen LogP contribution in [0.2, 0.25) is 0 Å². The van der Waals surface area contributed by atoms with Crippen molar-refractivity contribution in [3.05, 3.63) is 0 Å². The Morgan fingerprint density at radius 3 is 2.83 bits per heavy atom. The maximum atomic E-state index is 7.78. The SMILES string of the molecule is CCCC(C)N1CCCCC1=N. The van der Waals surface area contributed by atoms with Crippen molar-refractivity contribution in [1.82, 2.24) is 4.90 Å². The second-order valence-electron chi connectivity index (χ2n) is 3.73. The van der Waals surface area contributed by atoms with Gasteiger partial charge in [0.25, 0.3) is 0 Å². The van der Waals surface area contributed by atoms with Gasteiger partial charge in [-0.2, -0.15) is 0 Å². The predicted molar refractivity (Wildman–Crippen MR) is 52.7 cm³/mol. The number of nitrogens with one attached hydrogen (secondary N) is 1. The molecule has 2 nitrogen and oxygen atoms in total. The molecule has 0 aromatic heterocycles. The van der Waals surface area contributed by atoms with E-state index in [4.69, 9.17) is 5.41 Å². The maximum Gasteiger partial charge on any atom is 0.0960 e. The molecule has 1 heterocycles. The molecule has 70 valence electrons. The Hall–Kier alpha value is -0.530. The third-order valence-corrected chi connectivity index (χ3v) is 2.65. The number of nitrogens with zero attached hydrogens (tertiary/aromatic N) is 1. The molecule has 1 fully saturated rings. The zero-order valence-electron chi connectivity index (χ0n) is 8.27. The largest absolute Gasteiger partial charge is 0.358 e. The molecule has 0 bridgehead atoms. The highest BCUT2D eigenvalue weighted by atomic mass is 15.2. The molecule has 0 spiro atoms. The molecule has 0 saturated carbocycles. The van der Waals surface area contributed by atoms with E-state index < -0.39 is 0 Å². The van der Waals surface area contributed by atoms with Crippen molar-refractivity contribution in [2.45, 2.75) is 52.0 Å². The van der Waals surface area contributed by atoms with Gasteiger partial charge in [-0.1, -0.05) is 13.3 Å². The Labute approximate surface area is 75.5 Å². The lowest BCUT2D eigenvalue weighted by molar-refractivity contribution is 0.281. The van der Waals surface area contributed by atoms with Crippen molar-refractivity contribution >= 4 is 5.84 Å². The van der Waals surface area contributed by atoms with Gasteiger partial charge in [-0.05, 0) is 26.2 Å². The smallest absolute Gasteiger partial charge is 0.0960 e. The number of likely N-dealkylation sites (tertiary alicyclic amines) is 1. The van der Waals surface area contributed by atoms with E-state index in [0.717, 1.165) is 18.8 Å². The van der Waals surface area contributed by atoms with Gasteiger partial charge in [-0.25, -0.2) is 0 Å². The molecule has 1 aliphatic heterocycles. The van der Waals surface area contributed by atoms with Crippen LogP contribution in [0, 0.1) is 5.41 Å². The minimum absolute atomic E-state index is 0.586. The van der Waals surface area contributed by atoms with Crippen LogP contribution in [0.1, 0.15) is 46.0 Å². The molecule has 0 amide bonds. The van der Waals surface area contributed by atoms with Crippen molar-refractivity contribution in [2.24, 2.45) is 0 Å². The highest BCUT2D eigenvalue weighted by molar-refractivity contribution is 5.80. The van der Waals surface area contributed by atoms with Gasteiger partial charge in [0.1, 0.15) is 0 Å². The summed E-state index contributed by atoms with van der Waals surface area (Å²) < 4.78 is 0. The van der Waals surface area contributed by atoms with Crippen LogP contribution in [0.4, 0.5) is 0 Å². The summed E-state index contributed by atoms with van der Waals surface area (Å²) in [7, 11) is 0. The molecule has 1 N–H and O–H groups in total. The van der Waals surface area contributed by atoms with E-state index in [9.17, 15) is 0 Å². The maximum absolute atomic E-state index is 7.78. The van der Waals surface area contributed by atoms with Gasteiger partial charge in [0, 0.05) is 19.0 Å². The van der Waals surface area contributed by atoms with Crippen molar-refractivity contribution in [1.29, 1.82) is 5.41 Å². The summed E-state index contributed by atoms with van der Waals surface area (Å²) in [4.78, 5) is 2.27. The van der Waals surface area contributed by atoms with E-state index in [0.29, 0.717) is 6.04 Å². The molecule has 1 aliphatic rings. The van der Waals surface area contributed by atoms with E-state index in [2.05, 4.69) is 18.7 Å². The minimum atomic E-state index is 0.586. The molecule has 0 aromatic carbocycles. The van der Waals surface area contributed by atoms with Crippen molar-refractivity contribution in [2.75, 3.05) is 6.54 Å². The van der Waals surface area contributed by atoms with Gasteiger partial charge in [0.2, 0.25) is 0 Å². The monoisotopic (exact) mass is 168 g/mol. The number of hydrogen-bond donors (Lipinski definition) is 1. The number of hydrogen-bond acceptors (Lipinski definition) is 1. The van der Waals surface area contributed by atoms with Crippen molar-refractivity contribution in [3.63, 3.8) is 0 Å². The molecular weight excluding hydrogens is 148 g/mol. The Balaban J connectivity index is 2.42. The molecule has 0 aromatic rings. The molecule has 1 unspecified atom stereocenters. The lowest BCUT2D eigenvalue weighted by Crippen LogP contribution is -2.41.